The molecule has 0 unspecified atom stereocenters. The molecule has 1 saturated carbocycles. The van der Waals surface area contributed by atoms with Crippen LogP contribution in [0.1, 0.15) is 30.3 Å². The lowest BCUT2D eigenvalue weighted by Gasteiger charge is -2.04. The molecule has 0 bridgehead atoms. The maximum atomic E-state index is 11.8. The summed E-state index contributed by atoms with van der Waals surface area (Å²) in [5.74, 6) is 0.948. The van der Waals surface area contributed by atoms with Gasteiger partial charge in [0.05, 0.1) is 6.54 Å². The number of nitrogens with zero attached hydrogens (tertiary/aromatic N) is 2. The van der Waals surface area contributed by atoms with Crippen LogP contribution in [0, 0.1) is 5.92 Å². The van der Waals surface area contributed by atoms with Gasteiger partial charge in [-0.15, -0.1) is 0 Å². The van der Waals surface area contributed by atoms with E-state index >= 15 is 0 Å². The normalized spacial score (nSPS) is 15.5. The molecule has 1 aliphatic carbocycles. The van der Waals surface area contributed by atoms with Gasteiger partial charge in [-0.3, -0.25) is 9.48 Å². The molecule has 0 aromatic carbocycles. The zero-order valence-electron chi connectivity index (χ0n) is 9.07. The topological polar surface area (TPSA) is 46.9 Å². The second-order valence-electron chi connectivity index (χ2n) is 4.03. The monoisotopic (exact) mass is 207 g/mol. The number of rotatable bonds is 6. The van der Waals surface area contributed by atoms with Gasteiger partial charge in [-0.25, -0.2) is 0 Å². The zero-order valence-corrected chi connectivity index (χ0v) is 9.07. The van der Waals surface area contributed by atoms with Crippen LogP contribution in [0.5, 0.6) is 0 Å². The Balaban J connectivity index is 1.83. The van der Waals surface area contributed by atoms with E-state index in [2.05, 4.69) is 10.4 Å². The minimum absolute atomic E-state index is 0.134. The van der Waals surface area contributed by atoms with Crippen molar-refractivity contribution in [1.82, 2.24) is 15.1 Å². The first-order valence-corrected chi connectivity index (χ1v) is 5.57. The molecule has 15 heavy (non-hydrogen) atoms. The number of aromatic nitrogens is 2. The Morgan fingerprint density at radius 3 is 3.13 bits per heavy atom. The summed E-state index contributed by atoms with van der Waals surface area (Å²) in [6.45, 7) is 4.15. The van der Waals surface area contributed by atoms with Gasteiger partial charge >= 0.3 is 0 Å². The van der Waals surface area contributed by atoms with Gasteiger partial charge < -0.3 is 5.32 Å². The SMILES string of the molecule is CCn1nccc1C(=O)CNCC1CC1. The molecule has 4 heteroatoms. The molecule has 1 aliphatic rings. The average molecular weight is 207 g/mol. The summed E-state index contributed by atoms with van der Waals surface area (Å²) >= 11 is 0. The molecule has 1 N–H and O–H groups in total. The average Bonchev–Trinajstić information content (AvgIpc) is 2.94. The van der Waals surface area contributed by atoms with Crippen molar-refractivity contribution in [2.75, 3.05) is 13.1 Å². The molecule has 4 nitrogen and oxygen atoms in total. The Morgan fingerprint density at radius 2 is 2.47 bits per heavy atom. The quantitative estimate of drug-likeness (QED) is 0.710. The van der Waals surface area contributed by atoms with Gasteiger partial charge in [0.1, 0.15) is 5.69 Å². The molecule has 1 fully saturated rings. The van der Waals surface area contributed by atoms with Crippen LogP contribution in [-0.4, -0.2) is 28.7 Å². The predicted octanol–water partition coefficient (Wildman–Crippen LogP) is 1.09. The van der Waals surface area contributed by atoms with Crippen molar-refractivity contribution in [3.63, 3.8) is 0 Å². The van der Waals surface area contributed by atoms with Crippen LogP contribution >= 0.6 is 0 Å². The summed E-state index contributed by atoms with van der Waals surface area (Å²) in [4.78, 5) is 11.8. The predicted molar refractivity (Wildman–Crippen MR) is 57.8 cm³/mol. The Morgan fingerprint density at radius 1 is 1.67 bits per heavy atom. The number of nitrogens with one attached hydrogen (secondary N) is 1. The minimum atomic E-state index is 0.134. The van der Waals surface area contributed by atoms with Crippen molar-refractivity contribution in [1.29, 1.82) is 0 Å². The lowest BCUT2D eigenvalue weighted by Crippen LogP contribution is -2.26. The molecular formula is C11H17N3O. The Hall–Kier alpha value is -1.16. The summed E-state index contributed by atoms with van der Waals surface area (Å²) in [6, 6.07) is 1.78. The van der Waals surface area contributed by atoms with E-state index in [0.29, 0.717) is 12.2 Å². The highest BCUT2D eigenvalue weighted by Gasteiger charge is 2.21. The molecule has 82 valence electrons. The second-order valence-corrected chi connectivity index (χ2v) is 4.03. The summed E-state index contributed by atoms with van der Waals surface area (Å²) in [5, 5.41) is 7.28. The van der Waals surface area contributed by atoms with Gasteiger partial charge in [0, 0.05) is 12.7 Å². The van der Waals surface area contributed by atoms with Gasteiger partial charge in [0.2, 0.25) is 0 Å². The highest BCUT2D eigenvalue weighted by molar-refractivity contribution is 5.96. The van der Waals surface area contributed by atoms with Crippen molar-refractivity contribution in [2.45, 2.75) is 26.3 Å². The first-order chi connectivity index (χ1) is 7.31. The number of hydrogen-bond acceptors (Lipinski definition) is 3. The third-order valence-corrected chi connectivity index (χ3v) is 2.72. The van der Waals surface area contributed by atoms with Gasteiger partial charge in [-0.1, -0.05) is 0 Å². The third-order valence-electron chi connectivity index (χ3n) is 2.72. The van der Waals surface area contributed by atoms with Crippen molar-refractivity contribution in [2.24, 2.45) is 5.92 Å². The Labute approximate surface area is 89.7 Å². The number of Topliss-reactive ketones (excluding diaryl/α,β-unsaturated/α-hetero) is 1. The number of ketones is 1. The maximum Gasteiger partial charge on any atom is 0.194 e. The highest BCUT2D eigenvalue weighted by Crippen LogP contribution is 2.27. The fourth-order valence-corrected chi connectivity index (χ4v) is 1.62. The Kier molecular flexibility index (Phi) is 3.16. The van der Waals surface area contributed by atoms with Crippen molar-refractivity contribution >= 4 is 5.78 Å². The molecule has 0 spiro atoms. The fraction of sp³-hybridized carbons (Fsp3) is 0.636. The number of aryl methyl sites for hydroxylation is 1. The number of carbonyl (C=O) groups excluding carboxylic acids is 1. The van der Waals surface area contributed by atoms with E-state index < -0.39 is 0 Å². The standard InChI is InChI=1S/C11H17N3O/c1-2-14-10(5-6-13-14)11(15)8-12-7-9-3-4-9/h5-6,9,12H,2-4,7-8H2,1H3. The van der Waals surface area contributed by atoms with Gasteiger partial charge in [-0.05, 0) is 38.3 Å². The summed E-state index contributed by atoms with van der Waals surface area (Å²) < 4.78 is 1.74. The summed E-state index contributed by atoms with van der Waals surface area (Å²) in [7, 11) is 0. The van der Waals surface area contributed by atoms with Crippen LogP contribution in [0.2, 0.25) is 0 Å². The molecule has 0 aliphatic heterocycles. The van der Waals surface area contributed by atoms with Gasteiger partial charge in [-0.2, -0.15) is 5.10 Å². The molecule has 0 saturated heterocycles. The Bertz CT molecular complexity index is 341. The van der Waals surface area contributed by atoms with E-state index in [4.69, 9.17) is 0 Å². The van der Waals surface area contributed by atoms with Gasteiger partial charge in [0.15, 0.2) is 5.78 Å². The van der Waals surface area contributed by atoms with Crippen LogP contribution < -0.4 is 5.32 Å². The van der Waals surface area contributed by atoms with Gasteiger partial charge in [0.25, 0.3) is 0 Å². The van der Waals surface area contributed by atoms with Crippen LogP contribution in [0.3, 0.4) is 0 Å². The van der Waals surface area contributed by atoms with Crippen LogP contribution in [-0.2, 0) is 6.54 Å². The van der Waals surface area contributed by atoms with E-state index in [1.54, 1.807) is 16.9 Å². The van der Waals surface area contributed by atoms with E-state index in [1.807, 2.05) is 6.92 Å². The molecule has 1 aromatic heterocycles. The molecular weight excluding hydrogens is 190 g/mol. The van der Waals surface area contributed by atoms with E-state index in [-0.39, 0.29) is 5.78 Å². The number of carbonyl (C=O) groups is 1. The molecule has 1 aromatic rings. The van der Waals surface area contributed by atoms with Crippen LogP contribution in [0.4, 0.5) is 0 Å². The third kappa shape index (κ3) is 2.65. The lowest BCUT2D eigenvalue weighted by atomic mass is 10.2. The molecule has 2 rings (SSSR count). The van der Waals surface area contributed by atoms with Crippen LogP contribution in [0.15, 0.2) is 12.3 Å². The van der Waals surface area contributed by atoms with Crippen molar-refractivity contribution in [3.8, 4) is 0 Å². The molecule has 0 radical (unpaired) electrons. The molecule has 0 amide bonds. The van der Waals surface area contributed by atoms with E-state index in [9.17, 15) is 4.79 Å². The van der Waals surface area contributed by atoms with Crippen molar-refractivity contribution < 1.29 is 4.79 Å². The smallest absolute Gasteiger partial charge is 0.194 e. The molecule has 1 heterocycles. The zero-order chi connectivity index (χ0) is 10.7. The van der Waals surface area contributed by atoms with Crippen molar-refractivity contribution in [3.05, 3.63) is 18.0 Å². The van der Waals surface area contributed by atoms with Crippen LogP contribution in [0.25, 0.3) is 0 Å². The lowest BCUT2D eigenvalue weighted by molar-refractivity contribution is 0.0981. The second kappa shape index (κ2) is 4.57. The highest BCUT2D eigenvalue weighted by atomic mass is 16.1. The first kappa shape index (κ1) is 10.4. The minimum Gasteiger partial charge on any atom is -0.309 e. The summed E-state index contributed by atoms with van der Waals surface area (Å²) in [5.41, 5.74) is 0.709. The maximum absolute atomic E-state index is 11.8. The van der Waals surface area contributed by atoms with E-state index in [0.717, 1.165) is 19.0 Å². The largest absolute Gasteiger partial charge is 0.309 e. The summed E-state index contributed by atoms with van der Waals surface area (Å²) in [6.07, 6.45) is 4.31. The first-order valence-electron chi connectivity index (χ1n) is 5.57. The number of hydrogen-bond donors (Lipinski definition) is 1. The molecule has 0 atom stereocenters. The fourth-order valence-electron chi connectivity index (χ4n) is 1.62. The van der Waals surface area contributed by atoms with E-state index in [1.165, 1.54) is 12.8 Å².